The van der Waals surface area contributed by atoms with Crippen molar-refractivity contribution in [2.45, 2.75) is 25.4 Å². The molecule has 8 heteroatoms. The van der Waals surface area contributed by atoms with Gasteiger partial charge in [-0.3, -0.25) is 18.7 Å². The van der Waals surface area contributed by atoms with E-state index in [4.69, 9.17) is 0 Å². The molecule has 2 saturated heterocycles. The highest BCUT2D eigenvalue weighted by atomic mass is 16.3. The normalized spacial score (nSPS) is 27.7. The summed E-state index contributed by atoms with van der Waals surface area (Å²) in [6.07, 6.45) is 1.93. The summed E-state index contributed by atoms with van der Waals surface area (Å²) in [7, 11) is 4.92. The Morgan fingerprint density at radius 3 is 2.60 bits per heavy atom. The van der Waals surface area contributed by atoms with Crippen molar-refractivity contribution in [1.82, 2.24) is 18.9 Å². The van der Waals surface area contributed by atoms with Crippen LogP contribution in [0.15, 0.2) is 15.7 Å². The fourth-order valence-corrected chi connectivity index (χ4v) is 4.21. The van der Waals surface area contributed by atoms with Gasteiger partial charge in [-0.1, -0.05) is 0 Å². The maximum atomic E-state index is 13.0. The van der Waals surface area contributed by atoms with Gasteiger partial charge in [0.2, 0.25) is 0 Å². The van der Waals surface area contributed by atoms with Crippen LogP contribution in [0.1, 0.15) is 29.8 Å². The summed E-state index contributed by atoms with van der Waals surface area (Å²) < 4.78 is 2.20. The molecule has 2 aliphatic rings. The molecular weight excluding hydrogens is 324 g/mol. The molecule has 0 radical (unpaired) electrons. The van der Waals surface area contributed by atoms with E-state index < -0.39 is 17.4 Å². The van der Waals surface area contributed by atoms with Crippen molar-refractivity contribution in [3.63, 3.8) is 0 Å². The lowest BCUT2D eigenvalue weighted by Crippen LogP contribution is -2.59. The Kier molecular flexibility index (Phi) is 4.59. The number of hydrogen-bond acceptors (Lipinski definition) is 5. The second-order valence-corrected chi connectivity index (χ2v) is 7.50. The molecule has 8 nitrogen and oxygen atoms in total. The number of carbonyl (C=O) groups is 1. The number of aliphatic hydroxyl groups is 1. The first-order valence-corrected chi connectivity index (χ1v) is 8.68. The van der Waals surface area contributed by atoms with Crippen LogP contribution >= 0.6 is 0 Å². The zero-order valence-electron chi connectivity index (χ0n) is 15.1. The smallest absolute Gasteiger partial charge is 0.331 e. The average molecular weight is 350 g/mol. The Bertz CT molecular complexity index is 799. The molecule has 1 N–H and O–H groups in total. The van der Waals surface area contributed by atoms with Gasteiger partial charge in [0.1, 0.15) is 5.69 Å². The first-order valence-electron chi connectivity index (χ1n) is 8.68. The van der Waals surface area contributed by atoms with E-state index in [1.807, 2.05) is 7.05 Å². The molecule has 1 spiro atoms. The minimum atomic E-state index is -0.514. The Morgan fingerprint density at radius 2 is 1.88 bits per heavy atom. The summed E-state index contributed by atoms with van der Waals surface area (Å²) in [5.74, 6) is -0.322. The molecule has 0 bridgehead atoms. The molecule has 25 heavy (non-hydrogen) atoms. The Morgan fingerprint density at radius 1 is 1.16 bits per heavy atom. The van der Waals surface area contributed by atoms with E-state index >= 15 is 0 Å². The number of piperidine rings is 2. The second-order valence-electron chi connectivity index (χ2n) is 7.50. The zero-order chi connectivity index (χ0) is 18.4. The van der Waals surface area contributed by atoms with E-state index in [2.05, 4.69) is 4.90 Å². The Hall–Kier alpha value is -1.93. The summed E-state index contributed by atoms with van der Waals surface area (Å²) in [6, 6.07) is 1.22. The van der Waals surface area contributed by atoms with E-state index in [1.165, 1.54) is 24.7 Å². The third kappa shape index (κ3) is 3.04. The van der Waals surface area contributed by atoms with Gasteiger partial charge in [0.05, 0.1) is 6.10 Å². The highest BCUT2D eigenvalue weighted by Crippen LogP contribution is 2.38. The van der Waals surface area contributed by atoms with Crippen molar-refractivity contribution >= 4 is 5.91 Å². The van der Waals surface area contributed by atoms with Crippen LogP contribution in [0.4, 0.5) is 0 Å². The summed E-state index contributed by atoms with van der Waals surface area (Å²) >= 11 is 0. The van der Waals surface area contributed by atoms with E-state index in [0.29, 0.717) is 19.5 Å². The third-order valence-corrected chi connectivity index (χ3v) is 5.72. The second kappa shape index (κ2) is 6.42. The molecule has 1 aromatic rings. The van der Waals surface area contributed by atoms with Gasteiger partial charge in [-0.25, -0.2) is 4.79 Å². The maximum Gasteiger partial charge on any atom is 0.331 e. The topological polar surface area (TPSA) is 87.8 Å². The summed E-state index contributed by atoms with van der Waals surface area (Å²) in [4.78, 5) is 40.9. The number of carbonyl (C=O) groups excluding carboxylic acids is 1. The van der Waals surface area contributed by atoms with Crippen molar-refractivity contribution < 1.29 is 9.90 Å². The van der Waals surface area contributed by atoms with Crippen molar-refractivity contribution in [3.05, 3.63) is 32.6 Å². The molecule has 138 valence electrons. The van der Waals surface area contributed by atoms with Crippen molar-refractivity contribution in [3.8, 4) is 0 Å². The minimum Gasteiger partial charge on any atom is -0.392 e. The lowest BCUT2D eigenvalue weighted by molar-refractivity contribution is -0.0732. The van der Waals surface area contributed by atoms with Gasteiger partial charge in [0.25, 0.3) is 11.5 Å². The van der Waals surface area contributed by atoms with Gasteiger partial charge in [-0.2, -0.15) is 0 Å². The molecule has 1 aromatic heterocycles. The average Bonchev–Trinajstić information content (AvgIpc) is 2.59. The molecule has 0 aliphatic carbocycles. The number of nitrogens with zero attached hydrogens (tertiary/aromatic N) is 4. The molecule has 2 atom stereocenters. The summed E-state index contributed by atoms with van der Waals surface area (Å²) in [5, 5.41) is 10.6. The first kappa shape index (κ1) is 17.9. The predicted octanol–water partition coefficient (Wildman–Crippen LogP) is -0.997. The number of aromatic nitrogens is 2. The fraction of sp³-hybridized carbons (Fsp3) is 0.706. The van der Waals surface area contributed by atoms with Gasteiger partial charge in [-0.05, 0) is 26.3 Å². The molecule has 2 aliphatic heterocycles. The minimum absolute atomic E-state index is 0.101. The van der Waals surface area contributed by atoms with Gasteiger partial charge >= 0.3 is 5.69 Å². The summed E-state index contributed by atoms with van der Waals surface area (Å²) in [5.41, 5.74) is -1.24. The molecule has 0 unspecified atom stereocenters. The standard InChI is InChI=1S/C17H26N4O4/c1-18-8-5-13(22)17(10-18)6-4-7-21(11-17)15(24)12-9-14(23)20(3)16(25)19(12)2/h9,13,22H,4-8,10-11H2,1-3H3/t13-,17-/m0/s1. The quantitative estimate of drug-likeness (QED) is 0.702. The highest BCUT2D eigenvalue weighted by Gasteiger charge is 2.45. The van der Waals surface area contributed by atoms with Crippen LogP contribution in [-0.2, 0) is 14.1 Å². The van der Waals surface area contributed by atoms with E-state index in [0.717, 1.165) is 30.5 Å². The van der Waals surface area contributed by atoms with Gasteiger partial charge in [0.15, 0.2) is 0 Å². The molecule has 1 amide bonds. The van der Waals surface area contributed by atoms with Crippen molar-refractivity contribution in [2.75, 3.05) is 33.2 Å². The zero-order valence-corrected chi connectivity index (χ0v) is 15.1. The van der Waals surface area contributed by atoms with Gasteiger partial charge in [-0.15, -0.1) is 0 Å². The Labute approximate surface area is 146 Å². The van der Waals surface area contributed by atoms with Crippen LogP contribution in [0.3, 0.4) is 0 Å². The molecule has 3 heterocycles. The molecule has 3 rings (SSSR count). The van der Waals surface area contributed by atoms with Gasteiger partial charge in [0, 0.05) is 51.8 Å². The number of likely N-dealkylation sites (tertiary alicyclic amines) is 2. The lowest BCUT2D eigenvalue weighted by atomic mass is 9.71. The third-order valence-electron chi connectivity index (χ3n) is 5.72. The van der Waals surface area contributed by atoms with Gasteiger partial charge < -0.3 is 14.9 Å². The van der Waals surface area contributed by atoms with E-state index in [1.54, 1.807) is 4.90 Å². The maximum absolute atomic E-state index is 13.0. The molecule has 2 fully saturated rings. The van der Waals surface area contributed by atoms with Crippen LogP contribution in [-0.4, -0.2) is 69.3 Å². The van der Waals surface area contributed by atoms with E-state index in [-0.39, 0.29) is 17.0 Å². The van der Waals surface area contributed by atoms with Crippen LogP contribution in [0.2, 0.25) is 0 Å². The molecular formula is C17H26N4O4. The van der Waals surface area contributed by atoms with Crippen LogP contribution < -0.4 is 11.2 Å². The van der Waals surface area contributed by atoms with Crippen molar-refractivity contribution in [1.29, 1.82) is 0 Å². The molecule has 0 saturated carbocycles. The predicted molar refractivity (Wildman–Crippen MR) is 92.6 cm³/mol. The number of rotatable bonds is 1. The lowest BCUT2D eigenvalue weighted by Gasteiger charge is -2.50. The van der Waals surface area contributed by atoms with Crippen molar-refractivity contribution in [2.24, 2.45) is 19.5 Å². The number of aliphatic hydroxyl groups excluding tert-OH is 1. The largest absolute Gasteiger partial charge is 0.392 e. The summed E-state index contributed by atoms with van der Waals surface area (Å²) in [6.45, 7) is 2.61. The van der Waals surface area contributed by atoms with Crippen LogP contribution in [0.25, 0.3) is 0 Å². The first-order chi connectivity index (χ1) is 11.7. The highest BCUT2D eigenvalue weighted by molar-refractivity contribution is 5.92. The molecule has 0 aromatic carbocycles. The van der Waals surface area contributed by atoms with Crippen LogP contribution in [0.5, 0.6) is 0 Å². The van der Waals surface area contributed by atoms with E-state index in [9.17, 15) is 19.5 Å². The SMILES string of the molecule is CN1CC[C@H](O)[C@@]2(CCCN(C(=O)c3cc(=O)n(C)c(=O)n3C)C2)C1. The number of amides is 1. The fourth-order valence-electron chi connectivity index (χ4n) is 4.21. The monoisotopic (exact) mass is 350 g/mol. The Balaban J connectivity index is 1.91. The van der Waals surface area contributed by atoms with Crippen LogP contribution in [0, 0.1) is 5.41 Å². The number of hydrogen-bond donors (Lipinski definition) is 1.